The first-order valence-corrected chi connectivity index (χ1v) is 7.70. The maximum absolute atomic E-state index is 12.4. The molecule has 1 aliphatic rings. The van der Waals surface area contributed by atoms with Crippen molar-refractivity contribution in [3.63, 3.8) is 0 Å². The summed E-state index contributed by atoms with van der Waals surface area (Å²) in [4.78, 5) is 29.6. The predicted octanol–water partition coefficient (Wildman–Crippen LogP) is 0.512. The number of nitrogens with zero attached hydrogens (tertiary/aromatic N) is 4. The monoisotopic (exact) mass is 329 g/mol. The second-order valence-corrected chi connectivity index (χ2v) is 5.57. The number of amides is 2. The van der Waals surface area contributed by atoms with Gasteiger partial charge in [0.1, 0.15) is 6.04 Å². The lowest BCUT2D eigenvalue weighted by molar-refractivity contribution is -0.144. The van der Waals surface area contributed by atoms with Gasteiger partial charge in [-0.2, -0.15) is 5.10 Å². The third-order valence-corrected chi connectivity index (χ3v) is 3.83. The van der Waals surface area contributed by atoms with Crippen LogP contribution in [-0.4, -0.2) is 57.3 Å². The van der Waals surface area contributed by atoms with E-state index in [4.69, 9.17) is 4.74 Å². The first-order chi connectivity index (χ1) is 11.6. The van der Waals surface area contributed by atoms with Crippen LogP contribution in [0.1, 0.15) is 12.5 Å². The zero-order valence-corrected chi connectivity index (χ0v) is 13.4. The van der Waals surface area contributed by atoms with Gasteiger partial charge in [-0.25, -0.2) is 0 Å². The average Bonchev–Trinajstić information content (AvgIpc) is 3.02. The van der Waals surface area contributed by atoms with Gasteiger partial charge in [-0.15, -0.1) is 0 Å². The Labute approximate surface area is 139 Å². The molecule has 126 valence electrons. The van der Waals surface area contributed by atoms with Crippen LogP contribution in [0.15, 0.2) is 36.9 Å². The molecule has 1 atom stereocenters. The lowest BCUT2D eigenvalue weighted by Gasteiger charge is -2.33. The number of carbonyl (C=O) groups excluding carboxylic acids is 2. The molecule has 0 spiro atoms. The molecule has 0 bridgehead atoms. The average molecular weight is 329 g/mol. The molecule has 2 aromatic heterocycles. The first kappa shape index (κ1) is 16.1. The molecule has 0 radical (unpaired) electrons. The minimum atomic E-state index is -0.611. The summed E-state index contributed by atoms with van der Waals surface area (Å²) >= 11 is 0. The number of aromatic nitrogens is 3. The fraction of sp³-hybridized carbons (Fsp3) is 0.375. The van der Waals surface area contributed by atoms with Crippen molar-refractivity contribution < 1.29 is 14.3 Å². The Balaban J connectivity index is 1.63. The lowest BCUT2D eigenvalue weighted by atomic mass is 10.2. The summed E-state index contributed by atoms with van der Waals surface area (Å²) < 4.78 is 7.05. The fourth-order valence-electron chi connectivity index (χ4n) is 2.61. The molecule has 1 saturated heterocycles. The number of hydrogen-bond acceptors (Lipinski definition) is 5. The molecule has 24 heavy (non-hydrogen) atoms. The van der Waals surface area contributed by atoms with E-state index in [1.54, 1.807) is 29.5 Å². The molecule has 3 rings (SSSR count). The van der Waals surface area contributed by atoms with Crippen LogP contribution < -0.4 is 5.32 Å². The molecular weight excluding hydrogens is 310 g/mol. The Morgan fingerprint density at radius 3 is 2.92 bits per heavy atom. The van der Waals surface area contributed by atoms with Crippen molar-refractivity contribution in [3.8, 4) is 0 Å². The third kappa shape index (κ3) is 3.77. The summed E-state index contributed by atoms with van der Waals surface area (Å²) in [7, 11) is 0. The van der Waals surface area contributed by atoms with Crippen molar-refractivity contribution >= 4 is 17.5 Å². The molecule has 3 heterocycles. The smallest absolute Gasteiger partial charge is 0.249 e. The van der Waals surface area contributed by atoms with Crippen LogP contribution in [-0.2, 0) is 20.9 Å². The van der Waals surface area contributed by atoms with Crippen molar-refractivity contribution in [2.45, 2.75) is 19.5 Å². The number of rotatable bonds is 4. The van der Waals surface area contributed by atoms with Crippen molar-refractivity contribution in [1.82, 2.24) is 19.7 Å². The number of pyridine rings is 1. The van der Waals surface area contributed by atoms with E-state index >= 15 is 0 Å². The zero-order valence-electron chi connectivity index (χ0n) is 13.4. The standard InChI is InChI=1S/C16H19N5O3/c1-12(22)21-6-7-24-11-15(21)16(23)19-14-8-18-20(10-14)9-13-2-4-17-5-3-13/h2-5,8,10,15H,6-7,9,11H2,1H3,(H,19,23). The number of morpholine rings is 1. The predicted molar refractivity (Wildman–Crippen MR) is 86.2 cm³/mol. The largest absolute Gasteiger partial charge is 0.377 e. The number of nitrogens with one attached hydrogen (secondary N) is 1. The van der Waals surface area contributed by atoms with Crippen LogP contribution in [0.3, 0.4) is 0 Å². The Morgan fingerprint density at radius 2 is 2.17 bits per heavy atom. The summed E-state index contributed by atoms with van der Waals surface area (Å²) in [5.41, 5.74) is 1.65. The molecule has 0 aromatic carbocycles. The third-order valence-electron chi connectivity index (χ3n) is 3.83. The Bertz CT molecular complexity index is 716. The number of carbonyl (C=O) groups is 2. The molecule has 1 N–H and O–H groups in total. The van der Waals surface area contributed by atoms with Crippen LogP contribution in [0, 0.1) is 0 Å². The number of ether oxygens (including phenoxy) is 1. The van der Waals surface area contributed by atoms with E-state index in [1.807, 2.05) is 12.1 Å². The number of anilines is 1. The van der Waals surface area contributed by atoms with Gasteiger partial charge in [0, 0.05) is 32.1 Å². The molecule has 2 aromatic rings. The van der Waals surface area contributed by atoms with Crippen molar-refractivity contribution in [2.75, 3.05) is 25.1 Å². The quantitative estimate of drug-likeness (QED) is 0.883. The molecular formula is C16H19N5O3. The van der Waals surface area contributed by atoms with Gasteiger partial charge in [0.25, 0.3) is 0 Å². The van der Waals surface area contributed by atoms with Crippen molar-refractivity contribution in [2.24, 2.45) is 0 Å². The van der Waals surface area contributed by atoms with Gasteiger partial charge in [0.05, 0.1) is 31.6 Å². The molecule has 8 nitrogen and oxygen atoms in total. The molecule has 0 aliphatic carbocycles. The summed E-state index contributed by atoms with van der Waals surface area (Å²) in [6.45, 7) is 3.13. The van der Waals surface area contributed by atoms with E-state index in [0.29, 0.717) is 25.4 Å². The SMILES string of the molecule is CC(=O)N1CCOCC1C(=O)Nc1cnn(Cc2ccncc2)c1. The highest BCUT2D eigenvalue weighted by atomic mass is 16.5. The van der Waals surface area contributed by atoms with Gasteiger partial charge in [0.2, 0.25) is 11.8 Å². The van der Waals surface area contributed by atoms with Gasteiger partial charge in [-0.05, 0) is 17.7 Å². The van der Waals surface area contributed by atoms with Gasteiger partial charge >= 0.3 is 0 Å². The number of hydrogen-bond donors (Lipinski definition) is 1. The molecule has 1 unspecified atom stereocenters. The van der Waals surface area contributed by atoms with Crippen LogP contribution in [0.4, 0.5) is 5.69 Å². The molecule has 2 amide bonds. The van der Waals surface area contributed by atoms with E-state index < -0.39 is 6.04 Å². The summed E-state index contributed by atoms with van der Waals surface area (Å²) in [5, 5.41) is 7.03. The lowest BCUT2D eigenvalue weighted by Crippen LogP contribution is -2.53. The summed E-state index contributed by atoms with van der Waals surface area (Å²) in [6, 6.07) is 3.20. The normalized spacial score (nSPS) is 17.5. The summed E-state index contributed by atoms with van der Waals surface area (Å²) in [6.07, 6.45) is 6.78. The van der Waals surface area contributed by atoms with Crippen LogP contribution >= 0.6 is 0 Å². The minimum absolute atomic E-state index is 0.133. The highest BCUT2D eigenvalue weighted by molar-refractivity contribution is 5.97. The Morgan fingerprint density at radius 1 is 1.38 bits per heavy atom. The minimum Gasteiger partial charge on any atom is -0.377 e. The highest BCUT2D eigenvalue weighted by Gasteiger charge is 2.31. The van der Waals surface area contributed by atoms with E-state index in [-0.39, 0.29) is 18.4 Å². The van der Waals surface area contributed by atoms with Crippen LogP contribution in [0.2, 0.25) is 0 Å². The van der Waals surface area contributed by atoms with Gasteiger partial charge in [-0.3, -0.25) is 19.3 Å². The zero-order chi connectivity index (χ0) is 16.9. The first-order valence-electron chi connectivity index (χ1n) is 7.70. The maximum Gasteiger partial charge on any atom is 0.249 e. The van der Waals surface area contributed by atoms with Crippen LogP contribution in [0.25, 0.3) is 0 Å². The molecule has 0 saturated carbocycles. The Hall–Kier alpha value is -2.74. The van der Waals surface area contributed by atoms with Crippen molar-refractivity contribution in [1.29, 1.82) is 0 Å². The molecule has 1 fully saturated rings. The topological polar surface area (TPSA) is 89.4 Å². The van der Waals surface area contributed by atoms with Crippen LogP contribution in [0.5, 0.6) is 0 Å². The maximum atomic E-state index is 12.4. The van der Waals surface area contributed by atoms with Crippen molar-refractivity contribution in [3.05, 3.63) is 42.5 Å². The fourth-order valence-corrected chi connectivity index (χ4v) is 2.61. The van der Waals surface area contributed by atoms with Gasteiger partial charge < -0.3 is 15.0 Å². The summed E-state index contributed by atoms with van der Waals surface area (Å²) in [5.74, 6) is -0.403. The Kier molecular flexibility index (Phi) is 4.85. The van der Waals surface area contributed by atoms with Gasteiger partial charge in [-0.1, -0.05) is 0 Å². The second kappa shape index (κ2) is 7.22. The van der Waals surface area contributed by atoms with E-state index in [9.17, 15) is 9.59 Å². The van der Waals surface area contributed by atoms with E-state index in [1.165, 1.54) is 11.8 Å². The molecule has 1 aliphatic heterocycles. The van der Waals surface area contributed by atoms with Gasteiger partial charge in [0.15, 0.2) is 0 Å². The molecule has 8 heteroatoms. The van der Waals surface area contributed by atoms with E-state index in [2.05, 4.69) is 15.4 Å². The highest BCUT2D eigenvalue weighted by Crippen LogP contribution is 2.12. The van der Waals surface area contributed by atoms with E-state index in [0.717, 1.165) is 5.56 Å². The second-order valence-electron chi connectivity index (χ2n) is 5.57.